The molecule has 0 spiro atoms. The smallest absolute Gasteiger partial charge is 0.257 e. The van der Waals surface area contributed by atoms with Gasteiger partial charge in [0, 0.05) is 18.1 Å². The van der Waals surface area contributed by atoms with Crippen LogP contribution in [0.15, 0.2) is 48.5 Å². The van der Waals surface area contributed by atoms with Gasteiger partial charge in [-0.3, -0.25) is 4.79 Å². The Balaban J connectivity index is 1.57. The first-order valence-electron chi connectivity index (χ1n) is 8.29. The molecule has 0 saturated heterocycles. The second-order valence-corrected chi connectivity index (χ2v) is 6.78. The van der Waals surface area contributed by atoms with Gasteiger partial charge in [0.1, 0.15) is 5.75 Å². The summed E-state index contributed by atoms with van der Waals surface area (Å²) in [5.41, 5.74) is 3.87. The summed E-state index contributed by atoms with van der Waals surface area (Å²) >= 11 is 1.82. The average Bonchev–Trinajstić information content (AvgIpc) is 2.60. The first kappa shape index (κ1) is 18.4. The van der Waals surface area contributed by atoms with Crippen LogP contribution in [0.5, 0.6) is 5.75 Å². The van der Waals surface area contributed by atoms with Crippen molar-refractivity contribution in [3.63, 3.8) is 0 Å². The van der Waals surface area contributed by atoms with Crippen molar-refractivity contribution in [1.29, 1.82) is 0 Å². The van der Waals surface area contributed by atoms with Crippen molar-refractivity contribution in [3.8, 4) is 5.75 Å². The number of hydrogen-bond acceptors (Lipinski definition) is 3. The van der Waals surface area contributed by atoms with Gasteiger partial charge in [-0.15, -0.1) is 0 Å². The van der Waals surface area contributed by atoms with Crippen LogP contribution in [-0.4, -0.2) is 24.8 Å². The summed E-state index contributed by atoms with van der Waals surface area (Å²) in [5.74, 6) is 2.52. The van der Waals surface area contributed by atoms with Crippen LogP contribution in [0.4, 0.5) is 0 Å². The van der Waals surface area contributed by atoms with Crippen molar-refractivity contribution in [2.45, 2.75) is 26.0 Å². The summed E-state index contributed by atoms with van der Waals surface area (Å²) in [6.45, 7) is 4.94. The van der Waals surface area contributed by atoms with Crippen molar-refractivity contribution in [1.82, 2.24) is 5.32 Å². The van der Waals surface area contributed by atoms with E-state index in [1.807, 2.05) is 36.0 Å². The molecule has 2 aromatic rings. The first-order chi connectivity index (χ1) is 11.7. The molecule has 4 heteroatoms. The van der Waals surface area contributed by atoms with E-state index in [2.05, 4.69) is 43.4 Å². The van der Waals surface area contributed by atoms with E-state index < -0.39 is 0 Å². The van der Waals surface area contributed by atoms with Gasteiger partial charge in [-0.05, 0) is 36.6 Å². The molecule has 1 amide bonds. The Bertz CT molecular complexity index is 640. The van der Waals surface area contributed by atoms with Gasteiger partial charge in [-0.25, -0.2) is 0 Å². The molecule has 0 radical (unpaired) electrons. The van der Waals surface area contributed by atoms with Gasteiger partial charge >= 0.3 is 0 Å². The van der Waals surface area contributed by atoms with Crippen molar-refractivity contribution >= 4 is 17.7 Å². The van der Waals surface area contributed by atoms with Crippen LogP contribution < -0.4 is 10.1 Å². The Labute approximate surface area is 148 Å². The molecule has 0 aliphatic carbocycles. The summed E-state index contributed by atoms with van der Waals surface area (Å²) in [4.78, 5) is 11.8. The number of benzene rings is 2. The molecule has 128 valence electrons. The van der Waals surface area contributed by atoms with E-state index in [1.165, 1.54) is 16.7 Å². The molecule has 0 aliphatic heterocycles. The fourth-order valence-corrected chi connectivity index (χ4v) is 3.08. The number of carbonyl (C=O) groups is 1. The second-order valence-electron chi connectivity index (χ2n) is 5.68. The Kier molecular flexibility index (Phi) is 7.69. The molecular weight excluding hydrogens is 318 g/mol. The van der Waals surface area contributed by atoms with E-state index in [9.17, 15) is 4.79 Å². The van der Waals surface area contributed by atoms with Crippen LogP contribution >= 0.6 is 11.8 Å². The third-order valence-electron chi connectivity index (χ3n) is 3.62. The predicted molar refractivity (Wildman–Crippen MR) is 102 cm³/mol. The van der Waals surface area contributed by atoms with Crippen molar-refractivity contribution < 1.29 is 9.53 Å². The number of nitrogens with one attached hydrogen (secondary N) is 1. The third kappa shape index (κ3) is 6.67. The van der Waals surface area contributed by atoms with E-state index in [0.29, 0.717) is 6.54 Å². The number of carbonyl (C=O) groups excluding carboxylic acids is 1. The lowest BCUT2D eigenvalue weighted by Gasteiger charge is -2.08. The lowest BCUT2D eigenvalue weighted by Crippen LogP contribution is -2.30. The van der Waals surface area contributed by atoms with E-state index >= 15 is 0 Å². The molecule has 0 aromatic heterocycles. The van der Waals surface area contributed by atoms with E-state index in [1.54, 1.807) is 0 Å². The van der Waals surface area contributed by atoms with E-state index in [-0.39, 0.29) is 12.5 Å². The maximum Gasteiger partial charge on any atom is 0.257 e. The molecule has 0 fully saturated rings. The topological polar surface area (TPSA) is 38.3 Å². The van der Waals surface area contributed by atoms with E-state index in [0.717, 1.165) is 23.7 Å². The summed E-state index contributed by atoms with van der Waals surface area (Å²) in [7, 11) is 0. The molecule has 0 heterocycles. The quantitative estimate of drug-likeness (QED) is 0.700. The summed E-state index contributed by atoms with van der Waals surface area (Å²) < 4.78 is 5.49. The number of amides is 1. The van der Waals surface area contributed by atoms with Crippen LogP contribution in [-0.2, 0) is 17.0 Å². The van der Waals surface area contributed by atoms with Gasteiger partial charge in [-0.2, -0.15) is 11.8 Å². The summed E-state index contributed by atoms with van der Waals surface area (Å²) in [6.07, 6.45) is 1.00. The first-order valence-corrected chi connectivity index (χ1v) is 9.44. The lowest BCUT2D eigenvalue weighted by atomic mass is 10.2. The fourth-order valence-electron chi connectivity index (χ4n) is 2.28. The maximum atomic E-state index is 11.8. The molecule has 2 aromatic carbocycles. The van der Waals surface area contributed by atoms with Crippen molar-refractivity contribution in [2.24, 2.45) is 0 Å². The molecule has 0 unspecified atom stereocenters. The van der Waals surface area contributed by atoms with Gasteiger partial charge in [0.25, 0.3) is 5.91 Å². The molecular formula is C20H25NO2S. The van der Waals surface area contributed by atoms with Crippen LogP contribution in [0.3, 0.4) is 0 Å². The molecule has 0 saturated carbocycles. The van der Waals surface area contributed by atoms with Gasteiger partial charge in [0.05, 0.1) is 0 Å². The Hall–Kier alpha value is -1.94. The normalized spacial score (nSPS) is 10.4. The number of rotatable bonds is 9. The highest BCUT2D eigenvalue weighted by atomic mass is 32.2. The fraction of sp³-hybridized carbons (Fsp3) is 0.350. The molecule has 0 aliphatic rings. The number of ether oxygens (including phenoxy) is 1. The number of hydrogen-bond donors (Lipinski definition) is 1. The minimum atomic E-state index is -0.0780. The number of aryl methyl sites for hydroxylation is 2. The van der Waals surface area contributed by atoms with Gasteiger partial charge in [0.15, 0.2) is 6.61 Å². The Morgan fingerprint density at radius 3 is 2.62 bits per heavy atom. The summed E-state index contributed by atoms with van der Waals surface area (Å²) in [5, 5.41) is 2.89. The zero-order valence-electron chi connectivity index (χ0n) is 14.4. The molecule has 24 heavy (non-hydrogen) atoms. The molecule has 2 rings (SSSR count). The summed E-state index contributed by atoms with van der Waals surface area (Å²) in [6, 6.07) is 16.4. The van der Waals surface area contributed by atoms with Crippen LogP contribution in [0.1, 0.15) is 23.6 Å². The molecule has 0 atom stereocenters. The van der Waals surface area contributed by atoms with Gasteiger partial charge in [-0.1, -0.05) is 48.9 Å². The number of thioether (sulfide) groups is 1. The second kappa shape index (κ2) is 10.0. The lowest BCUT2D eigenvalue weighted by molar-refractivity contribution is -0.122. The van der Waals surface area contributed by atoms with Crippen LogP contribution in [0.2, 0.25) is 0 Å². The minimum Gasteiger partial charge on any atom is -0.484 e. The van der Waals surface area contributed by atoms with Gasteiger partial charge < -0.3 is 10.1 Å². The highest BCUT2D eigenvalue weighted by molar-refractivity contribution is 7.98. The molecule has 1 N–H and O–H groups in total. The minimum absolute atomic E-state index is 0.0635. The van der Waals surface area contributed by atoms with Crippen LogP contribution in [0, 0.1) is 6.92 Å². The zero-order valence-corrected chi connectivity index (χ0v) is 15.2. The zero-order chi connectivity index (χ0) is 17.2. The SMILES string of the molecule is CCc1ccc(OCC(=O)NCCSCc2cccc(C)c2)cc1. The highest BCUT2D eigenvalue weighted by Gasteiger charge is 2.02. The average molecular weight is 343 g/mol. The van der Waals surface area contributed by atoms with Crippen molar-refractivity contribution in [2.75, 3.05) is 18.9 Å². The largest absolute Gasteiger partial charge is 0.484 e. The molecule has 3 nitrogen and oxygen atoms in total. The van der Waals surface area contributed by atoms with E-state index in [4.69, 9.17) is 4.74 Å². The van der Waals surface area contributed by atoms with Gasteiger partial charge in [0.2, 0.25) is 0 Å². The monoisotopic (exact) mass is 343 g/mol. The van der Waals surface area contributed by atoms with Crippen molar-refractivity contribution in [3.05, 3.63) is 65.2 Å². The standard InChI is InChI=1S/C20H25NO2S/c1-3-17-7-9-19(10-8-17)23-14-20(22)21-11-12-24-15-18-6-4-5-16(2)13-18/h4-10,13H,3,11-12,14-15H2,1-2H3,(H,21,22). The Morgan fingerprint density at radius 1 is 1.12 bits per heavy atom. The Morgan fingerprint density at radius 2 is 1.92 bits per heavy atom. The molecule has 0 bridgehead atoms. The highest BCUT2D eigenvalue weighted by Crippen LogP contribution is 2.13. The predicted octanol–water partition coefficient (Wildman–Crippen LogP) is 3.99. The van der Waals surface area contributed by atoms with Crippen LogP contribution in [0.25, 0.3) is 0 Å². The third-order valence-corrected chi connectivity index (χ3v) is 4.65. The maximum absolute atomic E-state index is 11.8.